The summed E-state index contributed by atoms with van der Waals surface area (Å²) in [6.45, 7) is 1.30. The van der Waals surface area contributed by atoms with Gasteiger partial charge in [-0.1, -0.05) is 11.6 Å². The zero-order valence-electron chi connectivity index (χ0n) is 18.0. The molecule has 6 rings (SSSR count). The van der Waals surface area contributed by atoms with Crippen molar-refractivity contribution in [3.05, 3.63) is 45.5 Å². The molecule has 0 bridgehead atoms. The van der Waals surface area contributed by atoms with E-state index in [1.54, 1.807) is 30.0 Å². The molecule has 12 heteroatoms. The van der Waals surface area contributed by atoms with Gasteiger partial charge in [0.1, 0.15) is 34.2 Å². The number of nitrogens with zero attached hydrogens (tertiary/aromatic N) is 4. The lowest BCUT2D eigenvalue weighted by molar-refractivity contribution is -0.0681. The van der Waals surface area contributed by atoms with Gasteiger partial charge in [-0.05, 0) is 23.5 Å². The van der Waals surface area contributed by atoms with Crippen LogP contribution in [0.25, 0.3) is 27.4 Å². The molecule has 0 unspecified atom stereocenters. The van der Waals surface area contributed by atoms with Crippen LogP contribution in [0.1, 0.15) is 23.5 Å². The number of furan rings is 1. The van der Waals surface area contributed by atoms with Crippen LogP contribution in [0.15, 0.2) is 34.2 Å². The number of benzene rings is 1. The molecule has 4 aromatic heterocycles. The van der Waals surface area contributed by atoms with E-state index in [0.29, 0.717) is 69.0 Å². The molecule has 0 amide bonds. The summed E-state index contributed by atoms with van der Waals surface area (Å²) in [6, 6.07) is 5.37. The lowest BCUT2D eigenvalue weighted by Crippen LogP contribution is -2.33. The van der Waals surface area contributed by atoms with Crippen LogP contribution < -0.4 is 9.47 Å². The van der Waals surface area contributed by atoms with Crippen molar-refractivity contribution < 1.29 is 23.7 Å². The second-order valence-corrected chi connectivity index (χ2v) is 10.1. The van der Waals surface area contributed by atoms with Crippen LogP contribution in [0.2, 0.25) is 5.02 Å². The summed E-state index contributed by atoms with van der Waals surface area (Å²) in [7, 11) is 1.57. The Balaban J connectivity index is 1.26. The lowest BCUT2D eigenvalue weighted by atomic mass is 9.95. The van der Waals surface area contributed by atoms with Crippen molar-refractivity contribution in [1.29, 1.82) is 0 Å². The minimum atomic E-state index is -0.929. The van der Waals surface area contributed by atoms with Crippen molar-refractivity contribution in [3.8, 4) is 22.4 Å². The molecular weight excluding hydrogens is 500 g/mol. The Morgan fingerprint density at radius 3 is 2.88 bits per heavy atom. The highest BCUT2D eigenvalue weighted by molar-refractivity contribution is 7.18. The second kappa shape index (κ2) is 8.51. The Labute approximate surface area is 206 Å². The number of halogens is 1. The van der Waals surface area contributed by atoms with Gasteiger partial charge in [0.25, 0.3) is 5.19 Å². The van der Waals surface area contributed by atoms with E-state index in [0.717, 1.165) is 11.1 Å². The minimum absolute atomic E-state index is 0.239. The van der Waals surface area contributed by atoms with Crippen LogP contribution >= 0.6 is 34.3 Å². The lowest BCUT2D eigenvalue weighted by Gasteiger charge is -2.29. The molecule has 1 saturated heterocycles. The SMILES string of the molecule is COc1nn2cc(-c3cc4c(OCc5csc(C6(O)CCOCC6)n5)cc(Cl)cc4o3)nc2s1. The van der Waals surface area contributed by atoms with E-state index < -0.39 is 5.60 Å². The third kappa shape index (κ3) is 3.93. The molecule has 1 N–H and O–H groups in total. The van der Waals surface area contributed by atoms with E-state index in [2.05, 4.69) is 15.1 Å². The van der Waals surface area contributed by atoms with Gasteiger partial charge in [0, 0.05) is 42.5 Å². The first-order valence-corrected chi connectivity index (χ1v) is 12.6. The van der Waals surface area contributed by atoms with Gasteiger partial charge in [0.05, 0.1) is 24.4 Å². The summed E-state index contributed by atoms with van der Waals surface area (Å²) in [5.41, 5.74) is 1.05. The molecule has 5 heterocycles. The molecule has 1 aromatic carbocycles. The molecule has 0 spiro atoms. The molecule has 1 fully saturated rings. The van der Waals surface area contributed by atoms with E-state index in [-0.39, 0.29) is 6.61 Å². The molecule has 0 atom stereocenters. The van der Waals surface area contributed by atoms with Gasteiger partial charge in [-0.3, -0.25) is 0 Å². The van der Waals surface area contributed by atoms with E-state index in [4.69, 9.17) is 30.2 Å². The van der Waals surface area contributed by atoms with Crippen LogP contribution in [0.5, 0.6) is 10.9 Å². The standard InChI is InChI=1S/C22H19ClN4O5S2/c1-29-21-26-27-9-15(25-20(27)34-21)18-8-14-16(6-12(23)7-17(14)32-18)31-10-13-11-33-19(24-13)22(28)2-4-30-5-3-22/h6-9,11,28H,2-5,10H2,1H3. The van der Waals surface area contributed by atoms with Crippen LogP contribution in [0, 0.1) is 0 Å². The average Bonchev–Trinajstić information content (AvgIpc) is 3.59. The van der Waals surface area contributed by atoms with E-state index in [1.807, 2.05) is 11.4 Å². The van der Waals surface area contributed by atoms with Crippen molar-refractivity contribution in [3.63, 3.8) is 0 Å². The predicted molar refractivity (Wildman–Crippen MR) is 128 cm³/mol. The number of ether oxygens (including phenoxy) is 3. The molecule has 0 radical (unpaired) electrons. The van der Waals surface area contributed by atoms with Gasteiger partial charge >= 0.3 is 0 Å². The summed E-state index contributed by atoms with van der Waals surface area (Å²) in [5.74, 6) is 1.16. The second-order valence-electron chi connectivity index (χ2n) is 7.93. The van der Waals surface area contributed by atoms with Crippen molar-refractivity contribution >= 4 is 50.2 Å². The fourth-order valence-electron chi connectivity index (χ4n) is 3.87. The highest BCUT2D eigenvalue weighted by atomic mass is 35.5. The van der Waals surface area contributed by atoms with Crippen molar-refractivity contribution in [2.24, 2.45) is 0 Å². The number of aromatic nitrogens is 4. The molecule has 1 aliphatic rings. The molecule has 0 saturated carbocycles. The first-order chi connectivity index (χ1) is 16.5. The molecular formula is C22H19ClN4O5S2. The summed E-state index contributed by atoms with van der Waals surface area (Å²) in [4.78, 5) is 9.89. The maximum atomic E-state index is 10.9. The zero-order valence-corrected chi connectivity index (χ0v) is 20.4. The summed E-state index contributed by atoms with van der Waals surface area (Å²) < 4.78 is 24.3. The number of methoxy groups -OCH3 is 1. The normalized spacial score (nSPS) is 15.9. The van der Waals surface area contributed by atoms with Gasteiger partial charge < -0.3 is 23.7 Å². The van der Waals surface area contributed by atoms with E-state index in [9.17, 15) is 5.11 Å². The maximum absolute atomic E-state index is 10.9. The van der Waals surface area contributed by atoms with Crippen molar-refractivity contribution in [2.45, 2.75) is 25.0 Å². The number of hydrogen-bond acceptors (Lipinski definition) is 10. The molecule has 9 nitrogen and oxygen atoms in total. The maximum Gasteiger partial charge on any atom is 0.294 e. The molecule has 1 aliphatic heterocycles. The Kier molecular flexibility index (Phi) is 5.46. The van der Waals surface area contributed by atoms with Crippen LogP contribution in [-0.2, 0) is 16.9 Å². The highest BCUT2D eigenvalue weighted by Crippen LogP contribution is 2.38. The number of thiazole rings is 1. The number of fused-ring (bicyclic) bond motifs is 2. The Hall–Kier alpha value is -2.70. The fourth-order valence-corrected chi connectivity index (χ4v) is 5.72. The van der Waals surface area contributed by atoms with Crippen LogP contribution in [-0.4, -0.2) is 45.0 Å². The third-order valence-electron chi connectivity index (χ3n) is 5.66. The minimum Gasteiger partial charge on any atom is -0.486 e. The van der Waals surface area contributed by atoms with Crippen molar-refractivity contribution in [1.82, 2.24) is 19.6 Å². The van der Waals surface area contributed by atoms with Crippen LogP contribution in [0.3, 0.4) is 0 Å². The van der Waals surface area contributed by atoms with Gasteiger partial charge in [-0.2, -0.15) is 0 Å². The van der Waals surface area contributed by atoms with Gasteiger partial charge in [0.2, 0.25) is 4.96 Å². The van der Waals surface area contributed by atoms with Crippen molar-refractivity contribution in [2.75, 3.05) is 20.3 Å². The quantitative estimate of drug-likeness (QED) is 0.338. The summed E-state index contributed by atoms with van der Waals surface area (Å²) >= 11 is 9.11. The Morgan fingerprint density at radius 1 is 1.24 bits per heavy atom. The molecule has 0 aliphatic carbocycles. The molecule has 5 aromatic rings. The predicted octanol–water partition coefficient (Wildman–Crippen LogP) is 4.90. The monoisotopic (exact) mass is 518 g/mol. The zero-order chi connectivity index (χ0) is 23.3. The third-order valence-corrected chi connectivity index (χ3v) is 7.85. The summed E-state index contributed by atoms with van der Waals surface area (Å²) in [5, 5.41) is 19.6. The topological polar surface area (TPSA) is 104 Å². The van der Waals surface area contributed by atoms with E-state index in [1.165, 1.54) is 22.7 Å². The first kappa shape index (κ1) is 21.8. The van der Waals surface area contributed by atoms with Gasteiger partial charge in [0.15, 0.2) is 5.76 Å². The number of imidazole rings is 1. The number of hydrogen-bond donors (Lipinski definition) is 1. The van der Waals surface area contributed by atoms with Gasteiger partial charge in [-0.15, -0.1) is 16.4 Å². The smallest absolute Gasteiger partial charge is 0.294 e. The highest BCUT2D eigenvalue weighted by Gasteiger charge is 2.34. The molecule has 176 valence electrons. The summed E-state index contributed by atoms with van der Waals surface area (Å²) in [6.07, 6.45) is 2.87. The largest absolute Gasteiger partial charge is 0.486 e. The Morgan fingerprint density at radius 2 is 2.09 bits per heavy atom. The fraction of sp³-hybridized carbons (Fsp3) is 0.318. The van der Waals surface area contributed by atoms with Crippen LogP contribution in [0.4, 0.5) is 0 Å². The molecule has 34 heavy (non-hydrogen) atoms. The van der Waals surface area contributed by atoms with E-state index >= 15 is 0 Å². The van der Waals surface area contributed by atoms with Gasteiger partial charge in [-0.25, -0.2) is 14.5 Å². The number of rotatable bonds is 6. The Bertz CT molecular complexity index is 1450. The average molecular weight is 519 g/mol. The number of aliphatic hydroxyl groups is 1. The first-order valence-electron chi connectivity index (χ1n) is 10.5.